The maximum Gasteiger partial charge on any atom is 0.307 e. The van der Waals surface area contributed by atoms with Gasteiger partial charge in [0.25, 0.3) is 0 Å². The second-order valence-electron chi connectivity index (χ2n) is 4.94. The minimum Gasteiger partial charge on any atom is -0.463 e. The molecule has 0 radical (unpaired) electrons. The van der Waals surface area contributed by atoms with E-state index in [1.807, 2.05) is 20.8 Å². The lowest BCUT2D eigenvalue weighted by atomic mass is 10.3. The molecule has 0 spiro atoms. The number of carbonyl (C=O) groups excluding carboxylic acids is 1. The summed E-state index contributed by atoms with van der Waals surface area (Å²) in [6, 6.07) is 2.10. The van der Waals surface area contributed by atoms with Crippen LogP contribution in [0, 0.1) is 6.92 Å². The van der Waals surface area contributed by atoms with Crippen LogP contribution in [0.5, 0.6) is 0 Å². The first kappa shape index (κ1) is 21.2. The maximum absolute atomic E-state index is 11.5. The molecule has 1 aromatic rings. The van der Waals surface area contributed by atoms with Crippen LogP contribution < -0.4 is 10.6 Å². The first-order chi connectivity index (χ1) is 10.0. The van der Waals surface area contributed by atoms with E-state index in [9.17, 15) is 4.79 Å². The van der Waals surface area contributed by atoms with Crippen molar-refractivity contribution >= 4 is 47.2 Å². The number of hydrogen-bond donors (Lipinski definition) is 2. The Morgan fingerprint density at radius 1 is 1.41 bits per heavy atom. The van der Waals surface area contributed by atoms with Gasteiger partial charge in [0.15, 0.2) is 5.96 Å². The summed E-state index contributed by atoms with van der Waals surface area (Å²) in [5.41, 5.74) is 1.26. The molecule has 0 saturated carbocycles. The van der Waals surface area contributed by atoms with E-state index in [-0.39, 0.29) is 36.0 Å². The van der Waals surface area contributed by atoms with E-state index in [0.717, 1.165) is 12.5 Å². The van der Waals surface area contributed by atoms with E-state index in [0.29, 0.717) is 19.5 Å². The standard InChI is InChI=1S/C15H25N3O2S.HI/c1-5-16-15(17-8-6-14(19)20-11(2)3)18-10-13-12(4)7-9-21-13;/h7,9,11H,5-6,8,10H2,1-4H3,(H2,16,17,18);1H. The quantitative estimate of drug-likeness (QED) is 0.297. The summed E-state index contributed by atoms with van der Waals surface area (Å²) in [6.07, 6.45) is 0.266. The highest BCUT2D eigenvalue weighted by Gasteiger charge is 2.06. The van der Waals surface area contributed by atoms with Gasteiger partial charge in [-0.25, -0.2) is 4.99 Å². The van der Waals surface area contributed by atoms with Gasteiger partial charge in [-0.05, 0) is 44.7 Å². The third kappa shape index (κ3) is 8.57. The van der Waals surface area contributed by atoms with Crippen molar-refractivity contribution in [3.05, 3.63) is 21.9 Å². The average Bonchev–Trinajstić information content (AvgIpc) is 2.80. The fraction of sp³-hybridized carbons (Fsp3) is 0.600. The second-order valence-corrected chi connectivity index (χ2v) is 5.94. The van der Waals surface area contributed by atoms with Gasteiger partial charge in [-0.1, -0.05) is 0 Å². The topological polar surface area (TPSA) is 62.7 Å². The molecule has 0 aromatic carbocycles. The molecule has 0 saturated heterocycles. The van der Waals surface area contributed by atoms with E-state index in [1.54, 1.807) is 11.3 Å². The predicted molar refractivity (Wildman–Crippen MR) is 103 cm³/mol. The number of rotatable bonds is 7. The molecule has 0 aliphatic heterocycles. The summed E-state index contributed by atoms with van der Waals surface area (Å²) < 4.78 is 5.09. The highest BCUT2D eigenvalue weighted by molar-refractivity contribution is 14.0. The number of esters is 1. The number of nitrogens with zero attached hydrogens (tertiary/aromatic N) is 1. The smallest absolute Gasteiger partial charge is 0.307 e. The molecule has 22 heavy (non-hydrogen) atoms. The van der Waals surface area contributed by atoms with Crippen LogP contribution in [-0.2, 0) is 16.1 Å². The van der Waals surface area contributed by atoms with Crippen molar-refractivity contribution in [3.8, 4) is 0 Å². The van der Waals surface area contributed by atoms with Crippen molar-refractivity contribution in [1.82, 2.24) is 10.6 Å². The molecular formula is C15H26IN3O2S. The molecular weight excluding hydrogens is 413 g/mol. The van der Waals surface area contributed by atoms with Crippen molar-refractivity contribution in [2.75, 3.05) is 13.1 Å². The largest absolute Gasteiger partial charge is 0.463 e. The van der Waals surface area contributed by atoms with Crippen molar-refractivity contribution in [1.29, 1.82) is 0 Å². The van der Waals surface area contributed by atoms with Crippen LogP contribution in [0.15, 0.2) is 16.4 Å². The zero-order chi connectivity index (χ0) is 15.7. The molecule has 7 heteroatoms. The number of halogens is 1. The van der Waals surface area contributed by atoms with Gasteiger partial charge >= 0.3 is 5.97 Å². The Labute approximate surface area is 154 Å². The van der Waals surface area contributed by atoms with E-state index in [4.69, 9.17) is 4.74 Å². The van der Waals surface area contributed by atoms with Crippen molar-refractivity contribution in [3.63, 3.8) is 0 Å². The normalized spacial score (nSPS) is 11.0. The van der Waals surface area contributed by atoms with Crippen molar-refractivity contribution < 1.29 is 9.53 Å². The lowest BCUT2D eigenvalue weighted by Crippen LogP contribution is -2.38. The molecule has 1 rings (SSSR count). The van der Waals surface area contributed by atoms with Gasteiger partial charge in [0.05, 0.1) is 19.1 Å². The van der Waals surface area contributed by atoms with E-state index >= 15 is 0 Å². The third-order valence-electron chi connectivity index (χ3n) is 2.68. The SMILES string of the molecule is CCNC(=NCc1sccc1C)NCCC(=O)OC(C)C.I. The van der Waals surface area contributed by atoms with E-state index in [2.05, 4.69) is 34.0 Å². The van der Waals surface area contributed by atoms with Crippen LogP contribution in [-0.4, -0.2) is 31.1 Å². The molecule has 0 aliphatic carbocycles. The average molecular weight is 439 g/mol. The predicted octanol–water partition coefficient (Wildman–Crippen LogP) is 3.07. The van der Waals surface area contributed by atoms with Gasteiger partial charge < -0.3 is 15.4 Å². The fourth-order valence-electron chi connectivity index (χ4n) is 1.66. The van der Waals surface area contributed by atoms with Crippen LogP contribution in [0.2, 0.25) is 0 Å². The summed E-state index contributed by atoms with van der Waals surface area (Å²) in [5, 5.41) is 8.39. The summed E-state index contributed by atoms with van der Waals surface area (Å²) in [7, 11) is 0. The summed E-state index contributed by atoms with van der Waals surface area (Å²) in [4.78, 5) is 17.2. The number of nitrogens with one attached hydrogen (secondary N) is 2. The third-order valence-corrected chi connectivity index (χ3v) is 3.69. The van der Waals surface area contributed by atoms with Crippen LogP contribution in [0.25, 0.3) is 0 Å². The van der Waals surface area contributed by atoms with E-state index < -0.39 is 0 Å². The molecule has 1 aromatic heterocycles. The number of thiophene rings is 1. The Kier molecular flexibility index (Phi) is 11.3. The Morgan fingerprint density at radius 3 is 2.68 bits per heavy atom. The molecule has 0 fully saturated rings. The highest BCUT2D eigenvalue weighted by atomic mass is 127. The molecule has 0 aliphatic rings. The number of hydrogen-bond acceptors (Lipinski definition) is 4. The van der Waals surface area contributed by atoms with Gasteiger partial charge in [-0.15, -0.1) is 35.3 Å². The molecule has 0 bridgehead atoms. The number of carbonyl (C=O) groups is 1. The lowest BCUT2D eigenvalue weighted by Gasteiger charge is -2.12. The summed E-state index contributed by atoms with van der Waals surface area (Å²) in [5.74, 6) is 0.532. The minimum absolute atomic E-state index is 0. The number of guanidine groups is 1. The van der Waals surface area contributed by atoms with Crippen LogP contribution in [0.1, 0.15) is 37.6 Å². The molecule has 1 heterocycles. The minimum atomic E-state index is -0.192. The Bertz CT molecular complexity index is 475. The highest BCUT2D eigenvalue weighted by Crippen LogP contribution is 2.16. The summed E-state index contributed by atoms with van der Waals surface area (Å²) in [6.45, 7) is 9.74. The molecule has 0 atom stereocenters. The van der Waals surface area contributed by atoms with E-state index in [1.165, 1.54) is 10.4 Å². The maximum atomic E-state index is 11.5. The molecule has 126 valence electrons. The Balaban J connectivity index is 0.00000441. The van der Waals surface area contributed by atoms with Crippen LogP contribution >= 0.6 is 35.3 Å². The Hall–Kier alpha value is -0.830. The van der Waals surface area contributed by atoms with Crippen LogP contribution in [0.3, 0.4) is 0 Å². The lowest BCUT2D eigenvalue weighted by molar-refractivity contribution is -0.147. The van der Waals surface area contributed by atoms with Gasteiger partial charge in [-0.2, -0.15) is 0 Å². The fourth-order valence-corrected chi connectivity index (χ4v) is 2.49. The zero-order valence-corrected chi connectivity index (χ0v) is 16.8. The van der Waals surface area contributed by atoms with Crippen molar-refractivity contribution in [2.45, 2.75) is 46.8 Å². The van der Waals surface area contributed by atoms with Crippen molar-refractivity contribution in [2.24, 2.45) is 4.99 Å². The monoisotopic (exact) mass is 439 g/mol. The van der Waals surface area contributed by atoms with Crippen LogP contribution in [0.4, 0.5) is 0 Å². The molecule has 0 amide bonds. The number of aliphatic imine (C=N–C) groups is 1. The summed E-state index contributed by atoms with van der Waals surface area (Å²) >= 11 is 1.71. The van der Waals surface area contributed by atoms with Gasteiger partial charge in [0, 0.05) is 18.0 Å². The first-order valence-electron chi connectivity index (χ1n) is 7.27. The Morgan fingerprint density at radius 2 is 2.14 bits per heavy atom. The van der Waals surface area contributed by atoms with Gasteiger partial charge in [0.2, 0.25) is 0 Å². The molecule has 5 nitrogen and oxygen atoms in total. The van der Waals surface area contributed by atoms with Gasteiger partial charge in [-0.3, -0.25) is 4.79 Å². The molecule has 0 unspecified atom stereocenters. The number of ether oxygens (including phenoxy) is 1. The van der Waals surface area contributed by atoms with Gasteiger partial charge in [0.1, 0.15) is 0 Å². The zero-order valence-electron chi connectivity index (χ0n) is 13.6. The number of aryl methyl sites for hydroxylation is 1. The second kappa shape index (κ2) is 11.7. The molecule has 2 N–H and O–H groups in total. The first-order valence-corrected chi connectivity index (χ1v) is 8.15.